The molecule has 3 fully saturated rings. The second kappa shape index (κ2) is 10.5. The summed E-state index contributed by atoms with van der Waals surface area (Å²) >= 11 is 0. The Morgan fingerprint density at radius 2 is 1.85 bits per heavy atom. The van der Waals surface area contributed by atoms with Crippen molar-refractivity contribution < 1.29 is 14.4 Å². The Bertz CT molecular complexity index is 929. The molecule has 0 saturated carbocycles. The van der Waals surface area contributed by atoms with Crippen LogP contribution in [0.25, 0.3) is 0 Å². The van der Waals surface area contributed by atoms with Gasteiger partial charge in [-0.3, -0.25) is 24.6 Å². The van der Waals surface area contributed by atoms with E-state index in [2.05, 4.69) is 26.5 Å². The summed E-state index contributed by atoms with van der Waals surface area (Å²) in [6, 6.07) is 5.42. The van der Waals surface area contributed by atoms with Gasteiger partial charge >= 0.3 is 0 Å². The Balaban J connectivity index is 1.18. The molecular formula is C26H37N5O3. The normalized spacial score (nSPS) is 26.6. The number of piperidine rings is 2. The molecular weight excluding hydrogens is 430 g/mol. The highest BCUT2D eigenvalue weighted by Crippen LogP contribution is 2.31. The van der Waals surface area contributed by atoms with Gasteiger partial charge in [-0.15, -0.1) is 0 Å². The number of carbonyl (C=O) groups is 3. The molecule has 0 aliphatic carbocycles. The standard InChI is InChI=1S/C26H37N5O3/c32-24-9-8-23(25(33)28-24)31-18-22-20(6-1-7-21(22)26(31)34)17-30-13-3-5-19(16-30)4-2-12-29-14-10-27-11-15-29/h1,6-7,19,23,27H,2-5,8-18H2,(H,28,32,33). The van der Waals surface area contributed by atoms with Crippen LogP contribution in [0.15, 0.2) is 18.2 Å². The number of benzene rings is 1. The first-order valence-electron chi connectivity index (χ1n) is 13.0. The number of hydrogen-bond acceptors (Lipinski definition) is 6. The minimum atomic E-state index is -0.555. The fraction of sp³-hybridized carbons (Fsp3) is 0.654. The predicted molar refractivity (Wildman–Crippen MR) is 129 cm³/mol. The van der Waals surface area contributed by atoms with Crippen molar-refractivity contribution in [3.8, 4) is 0 Å². The van der Waals surface area contributed by atoms with Crippen LogP contribution in [0.1, 0.15) is 60.0 Å². The maximum Gasteiger partial charge on any atom is 0.255 e. The Morgan fingerprint density at radius 3 is 2.68 bits per heavy atom. The Kier molecular flexibility index (Phi) is 7.27. The molecule has 4 aliphatic heterocycles. The molecule has 4 aliphatic rings. The molecule has 8 nitrogen and oxygen atoms in total. The smallest absolute Gasteiger partial charge is 0.255 e. The van der Waals surface area contributed by atoms with E-state index in [1.165, 1.54) is 50.9 Å². The van der Waals surface area contributed by atoms with E-state index in [4.69, 9.17) is 0 Å². The molecule has 1 aromatic rings. The number of fused-ring (bicyclic) bond motifs is 1. The summed E-state index contributed by atoms with van der Waals surface area (Å²) in [5.74, 6) is 0.0585. The van der Waals surface area contributed by atoms with Gasteiger partial charge in [-0.25, -0.2) is 0 Å². The van der Waals surface area contributed by atoms with Crippen LogP contribution < -0.4 is 10.6 Å². The van der Waals surface area contributed by atoms with Crippen LogP contribution in [0.3, 0.4) is 0 Å². The van der Waals surface area contributed by atoms with Crippen molar-refractivity contribution in [1.82, 2.24) is 25.3 Å². The van der Waals surface area contributed by atoms with E-state index in [0.717, 1.165) is 44.2 Å². The van der Waals surface area contributed by atoms with Crippen LogP contribution in [-0.2, 0) is 22.7 Å². The zero-order valence-electron chi connectivity index (χ0n) is 20.1. The van der Waals surface area contributed by atoms with Crippen LogP contribution in [0.5, 0.6) is 0 Å². The lowest BCUT2D eigenvalue weighted by Crippen LogP contribution is -2.52. The average Bonchev–Trinajstić information content (AvgIpc) is 3.17. The van der Waals surface area contributed by atoms with Crippen LogP contribution in [0, 0.1) is 5.92 Å². The molecule has 3 saturated heterocycles. The minimum absolute atomic E-state index is 0.0872. The second-order valence-corrected chi connectivity index (χ2v) is 10.3. The van der Waals surface area contributed by atoms with Gasteiger partial charge in [-0.05, 0) is 68.3 Å². The molecule has 34 heavy (non-hydrogen) atoms. The maximum absolute atomic E-state index is 13.1. The van der Waals surface area contributed by atoms with Crippen LogP contribution in [-0.4, -0.2) is 84.3 Å². The molecule has 184 valence electrons. The van der Waals surface area contributed by atoms with E-state index < -0.39 is 6.04 Å². The molecule has 0 aromatic heterocycles. The third-order valence-electron chi connectivity index (χ3n) is 7.97. The fourth-order valence-corrected chi connectivity index (χ4v) is 6.11. The highest BCUT2D eigenvalue weighted by molar-refractivity contribution is 6.05. The topological polar surface area (TPSA) is 85.0 Å². The molecule has 0 spiro atoms. The highest BCUT2D eigenvalue weighted by Gasteiger charge is 2.39. The number of nitrogens with one attached hydrogen (secondary N) is 2. The number of carbonyl (C=O) groups excluding carboxylic acids is 3. The van der Waals surface area contributed by atoms with Gasteiger partial charge < -0.3 is 15.1 Å². The molecule has 2 atom stereocenters. The molecule has 1 aromatic carbocycles. The van der Waals surface area contributed by atoms with Gasteiger partial charge in [0.1, 0.15) is 6.04 Å². The molecule has 5 rings (SSSR count). The molecule has 3 amide bonds. The summed E-state index contributed by atoms with van der Waals surface area (Å²) in [4.78, 5) is 43.8. The minimum Gasteiger partial charge on any atom is -0.322 e. The first-order chi connectivity index (χ1) is 16.6. The van der Waals surface area contributed by atoms with E-state index >= 15 is 0 Å². The monoisotopic (exact) mass is 467 g/mol. The fourth-order valence-electron chi connectivity index (χ4n) is 6.11. The van der Waals surface area contributed by atoms with Gasteiger partial charge in [0.25, 0.3) is 5.91 Å². The first-order valence-corrected chi connectivity index (χ1v) is 13.0. The van der Waals surface area contributed by atoms with Gasteiger partial charge in [0.2, 0.25) is 11.8 Å². The second-order valence-electron chi connectivity index (χ2n) is 10.3. The van der Waals surface area contributed by atoms with Crippen LogP contribution in [0.2, 0.25) is 0 Å². The number of nitrogens with zero attached hydrogens (tertiary/aromatic N) is 3. The molecule has 2 N–H and O–H groups in total. The quantitative estimate of drug-likeness (QED) is 0.589. The zero-order valence-corrected chi connectivity index (χ0v) is 20.1. The Hall–Kier alpha value is -2.29. The van der Waals surface area contributed by atoms with Gasteiger partial charge in [-0.2, -0.15) is 0 Å². The summed E-state index contributed by atoms with van der Waals surface area (Å²) < 4.78 is 0. The van der Waals surface area contributed by atoms with Crippen LogP contribution >= 0.6 is 0 Å². The van der Waals surface area contributed by atoms with E-state index in [-0.39, 0.29) is 24.1 Å². The zero-order chi connectivity index (χ0) is 23.5. The van der Waals surface area contributed by atoms with E-state index in [9.17, 15) is 14.4 Å². The molecule has 8 heteroatoms. The van der Waals surface area contributed by atoms with Crippen molar-refractivity contribution in [2.45, 2.75) is 57.7 Å². The summed E-state index contributed by atoms with van der Waals surface area (Å²) in [7, 11) is 0. The number of rotatable bonds is 7. The van der Waals surface area contributed by atoms with Crippen molar-refractivity contribution in [2.24, 2.45) is 5.92 Å². The molecule has 0 bridgehead atoms. The van der Waals surface area contributed by atoms with Gasteiger partial charge in [0, 0.05) is 57.8 Å². The summed E-state index contributed by atoms with van der Waals surface area (Å²) in [5.41, 5.74) is 2.96. The number of piperazine rings is 1. The van der Waals surface area contributed by atoms with Crippen molar-refractivity contribution in [3.05, 3.63) is 34.9 Å². The maximum atomic E-state index is 13.1. The van der Waals surface area contributed by atoms with Crippen molar-refractivity contribution in [3.63, 3.8) is 0 Å². The lowest BCUT2D eigenvalue weighted by molar-refractivity contribution is -0.136. The summed E-state index contributed by atoms with van der Waals surface area (Å²) in [5, 5.41) is 5.81. The lowest BCUT2D eigenvalue weighted by Gasteiger charge is -2.34. The van der Waals surface area contributed by atoms with Gasteiger partial charge in [0.15, 0.2) is 0 Å². The van der Waals surface area contributed by atoms with Gasteiger partial charge in [0.05, 0.1) is 0 Å². The largest absolute Gasteiger partial charge is 0.322 e. The number of hydrogen-bond donors (Lipinski definition) is 2. The SMILES string of the molecule is O=C1CCC(N2Cc3c(CN4CCCC(CCCN5CCNCC5)C4)cccc3C2=O)C(=O)N1. The lowest BCUT2D eigenvalue weighted by atomic mass is 9.92. The van der Waals surface area contributed by atoms with Crippen molar-refractivity contribution in [1.29, 1.82) is 0 Å². The summed E-state index contributed by atoms with van der Waals surface area (Å²) in [6.45, 7) is 9.31. The van der Waals surface area contributed by atoms with Crippen molar-refractivity contribution >= 4 is 17.7 Å². The third kappa shape index (κ3) is 5.19. The third-order valence-corrected chi connectivity index (χ3v) is 7.97. The van der Waals surface area contributed by atoms with Crippen LogP contribution in [0.4, 0.5) is 0 Å². The van der Waals surface area contributed by atoms with E-state index in [1.807, 2.05) is 12.1 Å². The number of amides is 3. The average molecular weight is 468 g/mol. The predicted octanol–water partition coefficient (Wildman–Crippen LogP) is 1.35. The molecule has 2 unspecified atom stereocenters. The van der Waals surface area contributed by atoms with E-state index in [0.29, 0.717) is 18.5 Å². The Labute approximate surface area is 202 Å². The number of imide groups is 1. The van der Waals surface area contributed by atoms with E-state index in [1.54, 1.807) is 4.90 Å². The van der Waals surface area contributed by atoms with Crippen molar-refractivity contribution in [2.75, 3.05) is 45.8 Å². The molecule has 0 radical (unpaired) electrons. The highest BCUT2D eigenvalue weighted by atomic mass is 16.2. The first kappa shape index (κ1) is 23.5. The van der Waals surface area contributed by atoms with Gasteiger partial charge in [-0.1, -0.05) is 12.1 Å². The summed E-state index contributed by atoms with van der Waals surface area (Å²) in [6.07, 6.45) is 5.79. The Morgan fingerprint density at radius 1 is 1.00 bits per heavy atom. The number of likely N-dealkylation sites (tertiary alicyclic amines) is 1. The molecule has 4 heterocycles.